The molecule has 0 saturated carbocycles. The smallest absolute Gasteiger partial charge is 0.147 e. The minimum atomic E-state index is -0.318. The molecule has 4 heteroatoms. The zero-order valence-electron chi connectivity index (χ0n) is 8.76. The van der Waals surface area contributed by atoms with Crippen LogP contribution < -0.4 is 5.32 Å². The summed E-state index contributed by atoms with van der Waals surface area (Å²) in [5.74, 6) is -0.318. The second-order valence-corrected chi connectivity index (χ2v) is 4.94. The van der Waals surface area contributed by atoms with Crippen LogP contribution in [0.25, 0.3) is 0 Å². The van der Waals surface area contributed by atoms with Crippen molar-refractivity contribution in [3.8, 4) is 0 Å². The first-order valence-electron chi connectivity index (χ1n) is 4.88. The highest BCUT2D eigenvalue weighted by Crippen LogP contribution is 2.21. The molecule has 16 heavy (non-hydrogen) atoms. The van der Waals surface area contributed by atoms with Crippen LogP contribution in [0.1, 0.15) is 10.4 Å². The van der Waals surface area contributed by atoms with Gasteiger partial charge < -0.3 is 5.32 Å². The van der Waals surface area contributed by atoms with Gasteiger partial charge in [-0.1, -0.05) is 11.6 Å². The monoisotopic (exact) mass is 255 g/mol. The number of nitrogens with one attached hydrogen (secondary N) is 1. The second kappa shape index (κ2) is 4.85. The maximum absolute atomic E-state index is 13.4. The Labute approximate surface area is 103 Å². The summed E-state index contributed by atoms with van der Waals surface area (Å²) in [5, 5.41) is 5.50. The van der Waals surface area contributed by atoms with E-state index < -0.39 is 0 Å². The summed E-state index contributed by atoms with van der Waals surface area (Å²) < 4.78 is 13.4. The number of rotatable bonds is 3. The van der Waals surface area contributed by atoms with Crippen LogP contribution in [-0.2, 0) is 6.54 Å². The Kier molecular flexibility index (Phi) is 3.46. The Hall–Kier alpha value is -1.06. The summed E-state index contributed by atoms with van der Waals surface area (Å²) in [6.45, 7) is 2.69. The highest BCUT2D eigenvalue weighted by molar-refractivity contribution is 7.10. The van der Waals surface area contributed by atoms with E-state index in [2.05, 4.69) is 11.4 Å². The van der Waals surface area contributed by atoms with Gasteiger partial charge in [-0.2, -0.15) is 0 Å². The summed E-state index contributed by atoms with van der Waals surface area (Å²) in [7, 11) is 0. The minimum absolute atomic E-state index is 0.318. The normalized spacial score (nSPS) is 10.4. The van der Waals surface area contributed by atoms with Crippen molar-refractivity contribution in [1.29, 1.82) is 0 Å². The molecule has 0 aliphatic heterocycles. The molecule has 0 spiro atoms. The van der Waals surface area contributed by atoms with Crippen molar-refractivity contribution < 1.29 is 4.39 Å². The van der Waals surface area contributed by atoms with Crippen LogP contribution in [0.2, 0.25) is 5.02 Å². The van der Waals surface area contributed by atoms with Crippen LogP contribution in [0.15, 0.2) is 29.6 Å². The SMILES string of the molecule is Cc1ccsc1CNc1ccc(Cl)cc1F. The highest BCUT2D eigenvalue weighted by atomic mass is 35.5. The van der Waals surface area contributed by atoms with Crippen LogP contribution in [0.3, 0.4) is 0 Å². The molecule has 0 bridgehead atoms. The van der Waals surface area contributed by atoms with Crippen LogP contribution in [0.4, 0.5) is 10.1 Å². The van der Waals surface area contributed by atoms with E-state index in [4.69, 9.17) is 11.6 Å². The van der Waals surface area contributed by atoms with Gasteiger partial charge in [0.1, 0.15) is 5.82 Å². The Morgan fingerprint density at radius 1 is 1.38 bits per heavy atom. The molecule has 0 saturated heterocycles. The van der Waals surface area contributed by atoms with E-state index >= 15 is 0 Å². The summed E-state index contributed by atoms with van der Waals surface area (Å²) >= 11 is 7.34. The molecule has 1 aromatic heterocycles. The number of aryl methyl sites for hydroxylation is 1. The summed E-state index contributed by atoms with van der Waals surface area (Å²) in [6.07, 6.45) is 0. The van der Waals surface area contributed by atoms with E-state index in [0.717, 1.165) is 0 Å². The number of hydrogen-bond donors (Lipinski definition) is 1. The summed E-state index contributed by atoms with van der Waals surface area (Å²) in [5.41, 5.74) is 1.71. The quantitative estimate of drug-likeness (QED) is 0.854. The molecular formula is C12H11ClFNS. The standard InChI is InChI=1S/C12H11ClFNS/c1-8-4-5-16-12(8)7-15-11-3-2-9(13)6-10(11)14/h2-6,15H,7H2,1H3. The summed E-state index contributed by atoms with van der Waals surface area (Å²) in [6, 6.07) is 6.69. The van der Waals surface area contributed by atoms with Crippen molar-refractivity contribution in [2.24, 2.45) is 0 Å². The van der Waals surface area contributed by atoms with Gasteiger partial charge in [-0.05, 0) is 42.1 Å². The van der Waals surface area contributed by atoms with Gasteiger partial charge in [-0.3, -0.25) is 0 Å². The second-order valence-electron chi connectivity index (χ2n) is 3.50. The third kappa shape index (κ3) is 2.54. The van der Waals surface area contributed by atoms with Gasteiger partial charge in [-0.25, -0.2) is 4.39 Å². The first-order valence-corrected chi connectivity index (χ1v) is 6.14. The lowest BCUT2D eigenvalue weighted by atomic mass is 10.2. The van der Waals surface area contributed by atoms with E-state index in [1.165, 1.54) is 16.5 Å². The van der Waals surface area contributed by atoms with Gasteiger partial charge in [0.25, 0.3) is 0 Å². The number of benzene rings is 1. The maximum Gasteiger partial charge on any atom is 0.147 e. The first kappa shape index (κ1) is 11.4. The van der Waals surface area contributed by atoms with Gasteiger partial charge in [0.15, 0.2) is 0 Å². The number of hydrogen-bond acceptors (Lipinski definition) is 2. The van der Waals surface area contributed by atoms with E-state index in [9.17, 15) is 4.39 Å². The van der Waals surface area contributed by atoms with Gasteiger partial charge in [0, 0.05) is 16.4 Å². The molecule has 1 aromatic carbocycles. The topological polar surface area (TPSA) is 12.0 Å². The molecule has 1 N–H and O–H groups in total. The van der Waals surface area contributed by atoms with E-state index in [0.29, 0.717) is 17.3 Å². The molecule has 0 radical (unpaired) electrons. The van der Waals surface area contributed by atoms with Gasteiger partial charge in [-0.15, -0.1) is 11.3 Å². The van der Waals surface area contributed by atoms with Gasteiger partial charge in [0.05, 0.1) is 5.69 Å². The molecule has 0 fully saturated rings. The fourth-order valence-electron chi connectivity index (χ4n) is 1.39. The number of thiophene rings is 1. The Bertz CT molecular complexity index is 496. The third-order valence-electron chi connectivity index (χ3n) is 2.34. The van der Waals surface area contributed by atoms with Crippen LogP contribution in [-0.4, -0.2) is 0 Å². The maximum atomic E-state index is 13.4. The Morgan fingerprint density at radius 2 is 2.19 bits per heavy atom. The predicted molar refractivity (Wildman–Crippen MR) is 67.8 cm³/mol. The van der Waals surface area contributed by atoms with Crippen molar-refractivity contribution >= 4 is 28.6 Å². The van der Waals surface area contributed by atoms with E-state index in [-0.39, 0.29) is 5.82 Å². The zero-order chi connectivity index (χ0) is 11.5. The molecule has 2 rings (SSSR count). The molecule has 84 valence electrons. The fraction of sp³-hybridized carbons (Fsp3) is 0.167. The molecule has 2 aromatic rings. The van der Waals surface area contributed by atoms with E-state index in [1.54, 1.807) is 23.5 Å². The van der Waals surface area contributed by atoms with Crippen molar-refractivity contribution in [1.82, 2.24) is 0 Å². The van der Waals surface area contributed by atoms with Gasteiger partial charge in [0.2, 0.25) is 0 Å². The van der Waals surface area contributed by atoms with Crippen LogP contribution in [0, 0.1) is 12.7 Å². The lowest BCUT2D eigenvalue weighted by Gasteiger charge is -2.07. The molecule has 1 nitrogen and oxygen atoms in total. The Balaban J connectivity index is 2.08. The molecule has 0 atom stereocenters. The summed E-state index contributed by atoms with van der Waals surface area (Å²) in [4.78, 5) is 1.22. The van der Waals surface area contributed by atoms with Crippen molar-refractivity contribution in [2.75, 3.05) is 5.32 Å². The number of halogens is 2. The van der Waals surface area contributed by atoms with E-state index in [1.807, 2.05) is 12.3 Å². The van der Waals surface area contributed by atoms with Crippen molar-refractivity contribution in [2.45, 2.75) is 13.5 Å². The predicted octanol–water partition coefficient (Wildman–Crippen LogP) is 4.46. The average Bonchev–Trinajstić information content (AvgIpc) is 2.63. The Morgan fingerprint density at radius 3 is 2.81 bits per heavy atom. The molecule has 0 amide bonds. The van der Waals surface area contributed by atoms with Gasteiger partial charge >= 0.3 is 0 Å². The number of anilines is 1. The van der Waals surface area contributed by atoms with Crippen LogP contribution >= 0.6 is 22.9 Å². The largest absolute Gasteiger partial charge is 0.378 e. The average molecular weight is 256 g/mol. The van der Waals surface area contributed by atoms with Crippen LogP contribution in [0.5, 0.6) is 0 Å². The molecule has 0 aliphatic carbocycles. The molecule has 0 aliphatic rings. The minimum Gasteiger partial charge on any atom is -0.378 e. The van der Waals surface area contributed by atoms with Crippen molar-refractivity contribution in [3.05, 3.63) is 50.9 Å². The molecule has 1 heterocycles. The lowest BCUT2D eigenvalue weighted by molar-refractivity contribution is 0.630. The third-order valence-corrected chi connectivity index (χ3v) is 3.60. The molecule has 0 unspecified atom stereocenters. The lowest BCUT2D eigenvalue weighted by Crippen LogP contribution is -2.00. The first-order chi connectivity index (χ1) is 7.66. The highest BCUT2D eigenvalue weighted by Gasteiger charge is 2.04. The fourth-order valence-corrected chi connectivity index (χ4v) is 2.40. The van der Waals surface area contributed by atoms with Crippen molar-refractivity contribution in [3.63, 3.8) is 0 Å². The zero-order valence-corrected chi connectivity index (χ0v) is 10.3. The molecular weight excluding hydrogens is 245 g/mol.